The summed E-state index contributed by atoms with van der Waals surface area (Å²) >= 11 is 0. The summed E-state index contributed by atoms with van der Waals surface area (Å²) in [6, 6.07) is 0. The van der Waals surface area contributed by atoms with Crippen LogP contribution in [0.2, 0.25) is 16.6 Å². The molecule has 0 aromatic rings. The molecule has 0 spiro atoms. The number of aliphatic carboxylic acids is 1. The van der Waals surface area contributed by atoms with Gasteiger partial charge in [-0.1, -0.05) is 92.3 Å². The maximum Gasteiger partial charge on any atom is 0.306 e. The highest BCUT2D eigenvalue weighted by atomic mass is 28.4. The van der Waals surface area contributed by atoms with Crippen LogP contribution in [0, 0.1) is 11.8 Å². The summed E-state index contributed by atoms with van der Waals surface area (Å²) in [5, 5.41) is 19.7. The van der Waals surface area contributed by atoms with Crippen molar-refractivity contribution in [1.82, 2.24) is 0 Å². The maximum absolute atomic E-state index is 11.4. The molecule has 0 amide bonds. The van der Waals surface area contributed by atoms with Crippen LogP contribution in [0.3, 0.4) is 0 Å². The fraction of sp³-hybridized carbons (Fsp3) is 0.750. The summed E-state index contributed by atoms with van der Waals surface area (Å²) in [5.41, 5.74) is 4.50. The Hall–Kier alpha value is -1.51. The number of hydrogen-bond donors (Lipinski definition) is 2. The molecule has 6 nitrogen and oxygen atoms in total. The van der Waals surface area contributed by atoms with E-state index >= 15 is 0 Å². The first-order valence-corrected chi connectivity index (χ1v) is 18.7. The number of ether oxygens (including phenoxy) is 2. The number of hydrogen-bond acceptors (Lipinski definition) is 5. The molecular weight excluding hydrogens is 556 g/mol. The lowest BCUT2D eigenvalue weighted by Crippen LogP contribution is -2.51. The zero-order valence-electron chi connectivity index (χ0n) is 28.8. The molecular formula is C36H62O6Si. The van der Waals surface area contributed by atoms with E-state index < -0.39 is 14.3 Å². The van der Waals surface area contributed by atoms with Crippen molar-refractivity contribution in [2.75, 3.05) is 0 Å². The summed E-state index contributed by atoms with van der Waals surface area (Å²) in [4.78, 5) is 11.4. The lowest BCUT2D eigenvalue weighted by Gasteiger charge is -2.44. The van der Waals surface area contributed by atoms with Gasteiger partial charge in [0.25, 0.3) is 0 Å². The highest BCUT2D eigenvalue weighted by molar-refractivity contribution is 6.77. The highest BCUT2D eigenvalue weighted by Crippen LogP contribution is 2.47. The second-order valence-electron chi connectivity index (χ2n) is 14.2. The molecule has 0 aromatic carbocycles. The van der Waals surface area contributed by atoms with Crippen molar-refractivity contribution in [1.29, 1.82) is 0 Å². The van der Waals surface area contributed by atoms with E-state index in [0.717, 1.165) is 29.6 Å². The minimum atomic E-state index is -2.21. The fourth-order valence-corrected chi connectivity index (χ4v) is 12.8. The van der Waals surface area contributed by atoms with Gasteiger partial charge < -0.3 is 24.1 Å². The average Bonchev–Trinajstić information content (AvgIpc) is 3.62. The third-order valence-electron chi connectivity index (χ3n) is 9.71. The van der Waals surface area contributed by atoms with E-state index in [1.165, 1.54) is 0 Å². The van der Waals surface area contributed by atoms with Crippen LogP contribution in [-0.2, 0) is 18.7 Å². The van der Waals surface area contributed by atoms with E-state index in [2.05, 4.69) is 74.6 Å². The predicted molar refractivity (Wildman–Crippen MR) is 180 cm³/mol. The number of rotatable bonds is 19. The standard InChI is InChI=1S/C36H62O6Si/c1-13-14-15-30(37)16-17-31-28(11)21-32(40-31)34-35(41-34)33(42-43(22(2)3,23(4)5)24(6)7)20-27(10)26(9)18-25(8)19-29(12)36(38)39/h13-14,18,22-25,29-35,37H,10-11,15-17,19-21H2,1-9,12H3,(H,38,39)/b14-13+,26-18+/t25-,29+,30-,31+,32+,33-,34-,35-/m1/s1. The third-order valence-corrected chi connectivity index (χ3v) is 15.8. The highest BCUT2D eigenvalue weighted by Gasteiger charge is 2.56. The van der Waals surface area contributed by atoms with Crippen LogP contribution < -0.4 is 0 Å². The molecule has 0 radical (unpaired) electrons. The first-order valence-electron chi connectivity index (χ1n) is 16.6. The second kappa shape index (κ2) is 16.7. The van der Waals surface area contributed by atoms with Gasteiger partial charge in [0.05, 0.1) is 30.3 Å². The van der Waals surface area contributed by atoms with Gasteiger partial charge in [0.15, 0.2) is 0 Å². The van der Waals surface area contributed by atoms with Crippen molar-refractivity contribution >= 4 is 14.3 Å². The summed E-state index contributed by atoms with van der Waals surface area (Å²) in [7, 11) is -2.21. The van der Waals surface area contributed by atoms with Gasteiger partial charge in [-0.05, 0) is 86.1 Å². The Morgan fingerprint density at radius 2 is 1.70 bits per heavy atom. The molecule has 43 heavy (non-hydrogen) atoms. The summed E-state index contributed by atoms with van der Waals surface area (Å²) in [6.45, 7) is 30.5. The fourth-order valence-electron chi connectivity index (χ4n) is 7.27. The Morgan fingerprint density at radius 3 is 2.23 bits per heavy atom. The zero-order valence-corrected chi connectivity index (χ0v) is 29.8. The molecule has 2 aliphatic heterocycles. The number of aliphatic hydroxyl groups is 1. The van der Waals surface area contributed by atoms with Gasteiger partial charge in [-0.3, -0.25) is 4.79 Å². The molecule has 0 aromatic heterocycles. The van der Waals surface area contributed by atoms with Crippen LogP contribution in [0.25, 0.3) is 0 Å². The lowest BCUT2D eigenvalue weighted by atomic mass is 9.92. The first kappa shape index (κ1) is 37.7. The minimum Gasteiger partial charge on any atom is -0.481 e. The van der Waals surface area contributed by atoms with E-state index in [9.17, 15) is 15.0 Å². The van der Waals surface area contributed by atoms with E-state index in [0.29, 0.717) is 42.3 Å². The number of allylic oxidation sites excluding steroid dienone is 3. The van der Waals surface area contributed by atoms with Gasteiger partial charge >= 0.3 is 5.97 Å². The maximum atomic E-state index is 11.4. The Bertz CT molecular complexity index is 976. The SMILES string of the molecule is C=C(C[C@@H](O[Si](C(C)C)(C(C)C)C(C)C)[C@H]1O[C@@H]1[C@@H]1CC(=C)[C@H](CC[C@H](O)C/C=C/C)O1)/C(C)=C/[C@@H](C)C[C@H](C)C(=O)O. The lowest BCUT2D eigenvalue weighted by molar-refractivity contribution is -0.141. The van der Waals surface area contributed by atoms with Crippen molar-refractivity contribution in [3.63, 3.8) is 0 Å². The predicted octanol–water partition coefficient (Wildman–Crippen LogP) is 8.78. The number of carboxylic acid groups (broad SMARTS) is 1. The van der Waals surface area contributed by atoms with Crippen molar-refractivity contribution in [2.24, 2.45) is 11.8 Å². The molecule has 246 valence electrons. The molecule has 2 saturated heterocycles. The van der Waals surface area contributed by atoms with E-state index in [1.54, 1.807) is 6.92 Å². The number of carboxylic acids is 1. The van der Waals surface area contributed by atoms with Crippen LogP contribution in [0.5, 0.6) is 0 Å². The van der Waals surface area contributed by atoms with Crippen LogP contribution >= 0.6 is 0 Å². The number of epoxide rings is 1. The van der Waals surface area contributed by atoms with Gasteiger partial charge in [-0.15, -0.1) is 0 Å². The van der Waals surface area contributed by atoms with Gasteiger partial charge in [-0.2, -0.15) is 0 Å². The Balaban J connectivity index is 2.21. The third kappa shape index (κ3) is 10.3. The molecule has 2 fully saturated rings. The molecule has 0 aliphatic carbocycles. The van der Waals surface area contributed by atoms with Gasteiger partial charge in [-0.25, -0.2) is 0 Å². The molecule has 2 N–H and O–H groups in total. The minimum absolute atomic E-state index is 0.0506. The first-order chi connectivity index (χ1) is 20.0. The van der Waals surface area contributed by atoms with E-state index in [4.69, 9.17) is 13.9 Å². The van der Waals surface area contributed by atoms with Crippen LogP contribution in [0.15, 0.2) is 48.1 Å². The van der Waals surface area contributed by atoms with Crippen LogP contribution in [0.1, 0.15) is 108 Å². The molecule has 2 aliphatic rings. The van der Waals surface area contributed by atoms with Crippen molar-refractivity contribution in [3.05, 3.63) is 48.1 Å². The quantitative estimate of drug-likeness (QED) is 0.0651. The number of aliphatic hydroxyl groups excluding tert-OH is 1. The van der Waals surface area contributed by atoms with Gasteiger partial charge in [0.2, 0.25) is 8.32 Å². The Kier molecular flexibility index (Phi) is 14.6. The van der Waals surface area contributed by atoms with Crippen LogP contribution in [0.4, 0.5) is 0 Å². The van der Waals surface area contributed by atoms with Crippen molar-refractivity contribution in [3.8, 4) is 0 Å². The van der Waals surface area contributed by atoms with E-state index in [1.807, 2.05) is 19.1 Å². The zero-order chi connectivity index (χ0) is 32.6. The summed E-state index contributed by atoms with van der Waals surface area (Å²) in [5.74, 6) is -1.02. The Morgan fingerprint density at radius 1 is 1.09 bits per heavy atom. The van der Waals surface area contributed by atoms with Gasteiger partial charge in [0, 0.05) is 0 Å². The topological polar surface area (TPSA) is 88.5 Å². The Labute approximate surface area is 263 Å². The largest absolute Gasteiger partial charge is 0.481 e. The van der Waals surface area contributed by atoms with Crippen molar-refractivity contribution in [2.45, 2.75) is 161 Å². The summed E-state index contributed by atoms with van der Waals surface area (Å²) in [6.07, 6.45) is 9.51. The number of carbonyl (C=O) groups is 1. The van der Waals surface area contributed by atoms with Crippen LogP contribution in [-0.4, -0.2) is 61.1 Å². The molecule has 0 bridgehead atoms. The summed E-state index contributed by atoms with van der Waals surface area (Å²) < 4.78 is 20.3. The molecule has 2 heterocycles. The molecule has 8 atom stereocenters. The second-order valence-corrected chi connectivity index (χ2v) is 19.6. The molecule has 7 heteroatoms. The monoisotopic (exact) mass is 618 g/mol. The van der Waals surface area contributed by atoms with Gasteiger partial charge in [0.1, 0.15) is 12.2 Å². The molecule has 0 unspecified atom stereocenters. The van der Waals surface area contributed by atoms with E-state index in [-0.39, 0.29) is 48.5 Å². The normalized spacial score (nSPS) is 26.0. The molecule has 0 saturated carbocycles. The smallest absolute Gasteiger partial charge is 0.306 e. The van der Waals surface area contributed by atoms with Crippen molar-refractivity contribution < 1.29 is 28.9 Å². The molecule has 2 rings (SSSR count). The average molecular weight is 619 g/mol.